The summed E-state index contributed by atoms with van der Waals surface area (Å²) in [7, 11) is 0. The van der Waals surface area contributed by atoms with Gasteiger partial charge in [0.25, 0.3) is 0 Å². The fraction of sp³-hybridized carbons (Fsp3) is 0.283. The number of ketones is 1. The molecular weight excluding hydrogens is 613 g/mol. The summed E-state index contributed by atoms with van der Waals surface area (Å²) in [6.45, 7) is 4.56. The highest BCUT2D eigenvalue weighted by Crippen LogP contribution is 2.60. The smallest absolute Gasteiger partial charge is 0.193 e. The second-order valence-electron chi connectivity index (χ2n) is 15.5. The average molecular weight is 651 g/mol. The normalized spacial score (nSPS) is 18.9. The molecule has 1 spiro atoms. The number of hydrogen-bond donors (Lipinski definition) is 0. The van der Waals surface area contributed by atoms with Crippen molar-refractivity contribution in [2.45, 2.75) is 56.8 Å². The van der Waals surface area contributed by atoms with Crippen LogP contribution in [0, 0.1) is 0 Å². The summed E-state index contributed by atoms with van der Waals surface area (Å²) in [6.07, 6.45) is 9.12. The van der Waals surface area contributed by atoms with E-state index in [1.807, 2.05) is 0 Å². The zero-order valence-corrected chi connectivity index (χ0v) is 28.3. The van der Waals surface area contributed by atoms with Crippen LogP contribution in [0.15, 0.2) is 84.9 Å². The van der Waals surface area contributed by atoms with E-state index in [1.54, 1.807) is 0 Å². The number of hydrogen-bond acceptors (Lipinski definition) is 4. The molecule has 0 amide bonds. The fourth-order valence-corrected chi connectivity index (χ4v) is 11.2. The lowest BCUT2D eigenvalue weighted by Gasteiger charge is -2.46. The minimum absolute atomic E-state index is 0.145. The molecule has 4 heteroatoms. The van der Waals surface area contributed by atoms with Crippen LogP contribution in [-0.4, -0.2) is 32.0 Å². The third-order valence-electron chi connectivity index (χ3n) is 13.1. The summed E-state index contributed by atoms with van der Waals surface area (Å²) < 4.78 is 6.72. The average Bonchev–Trinajstić information content (AvgIpc) is 3.16. The summed E-state index contributed by atoms with van der Waals surface area (Å²) in [5, 5.41) is 5.04. The van der Waals surface area contributed by atoms with Gasteiger partial charge in [0.1, 0.15) is 11.5 Å². The Balaban J connectivity index is 1.25. The molecule has 6 aromatic rings. The summed E-state index contributed by atoms with van der Waals surface area (Å²) in [5.41, 5.74) is 14.2. The quantitative estimate of drug-likeness (QED) is 0.164. The van der Waals surface area contributed by atoms with Gasteiger partial charge in [-0.05, 0) is 155 Å². The Labute approximate surface area is 292 Å². The van der Waals surface area contributed by atoms with Crippen molar-refractivity contribution in [3.63, 3.8) is 0 Å². The predicted molar refractivity (Wildman–Crippen MR) is 201 cm³/mol. The van der Waals surface area contributed by atoms with Crippen LogP contribution in [0.4, 0.5) is 11.4 Å². The number of carbonyl (C=O) groups excluding carboxylic acids is 1. The molecule has 5 heterocycles. The highest BCUT2D eigenvalue weighted by Gasteiger charge is 2.51. The number of ether oxygens (including phenoxy) is 1. The molecule has 0 saturated carbocycles. The third-order valence-corrected chi connectivity index (χ3v) is 13.1. The summed E-state index contributed by atoms with van der Waals surface area (Å²) >= 11 is 0. The Hall–Kier alpha value is -5.09. The second kappa shape index (κ2) is 9.78. The van der Waals surface area contributed by atoms with Gasteiger partial charge in [-0.3, -0.25) is 4.79 Å². The van der Waals surface area contributed by atoms with Crippen molar-refractivity contribution < 1.29 is 9.53 Å². The molecule has 50 heavy (non-hydrogen) atoms. The first-order chi connectivity index (χ1) is 24.7. The van der Waals surface area contributed by atoms with Crippen molar-refractivity contribution >= 4 is 38.7 Å². The molecule has 12 rings (SSSR count). The lowest BCUT2D eigenvalue weighted by molar-refractivity contribution is 0.103. The van der Waals surface area contributed by atoms with Gasteiger partial charge in [0, 0.05) is 59.8 Å². The first kappa shape index (κ1) is 27.7. The van der Waals surface area contributed by atoms with Gasteiger partial charge in [-0.15, -0.1) is 0 Å². The Bertz CT molecular complexity index is 2350. The van der Waals surface area contributed by atoms with Gasteiger partial charge in [0.05, 0.1) is 5.41 Å². The molecule has 1 aliphatic carbocycles. The van der Waals surface area contributed by atoms with E-state index < -0.39 is 5.41 Å². The zero-order chi connectivity index (χ0) is 32.7. The van der Waals surface area contributed by atoms with Crippen LogP contribution in [0.3, 0.4) is 0 Å². The molecule has 6 aromatic carbocycles. The van der Waals surface area contributed by atoms with Crippen LogP contribution < -0.4 is 14.5 Å². The molecule has 0 atom stereocenters. The van der Waals surface area contributed by atoms with Gasteiger partial charge in [0.2, 0.25) is 0 Å². The number of benzene rings is 6. The Morgan fingerprint density at radius 1 is 0.520 bits per heavy atom. The number of nitrogens with zero attached hydrogens (tertiary/aromatic N) is 2. The Morgan fingerprint density at radius 2 is 0.980 bits per heavy atom. The van der Waals surface area contributed by atoms with Crippen LogP contribution in [0.25, 0.3) is 21.5 Å². The Kier molecular flexibility index (Phi) is 5.42. The standard InChI is InChI=1S/C46H38N2O2/c49-45-35-23-29-21-27-9-5-17-47-19-7-11-31(43(27)47)33(29)25-39(35)46(37-13-1-3-15-41(37)50-42-16-4-2-14-38(42)46)40-26-34-30(24-36(40)45)22-28-10-6-18-48-20-8-12-32(34)44(28)48/h1-4,13-16,21-26H,5-12,17-20H2. The maximum absolute atomic E-state index is 15.2. The molecule has 0 N–H and O–H groups in total. The first-order valence-electron chi connectivity index (χ1n) is 18.9. The number of carbonyl (C=O) groups is 1. The number of rotatable bonds is 0. The van der Waals surface area contributed by atoms with Crippen LogP contribution in [-0.2, 0) is 31.1 Å². The third kappa shape index (κ3) is 3.40. The van der Waals surface area contributed by atoms with E-state index in [9.17, 15) is 0 Å². The molecule has 0 aromatic heterocycles. The Morgan fingerprint density at radius 3 is 1.48 bits per heavy atom. The van der Waals surface area contributed by atoms with Crippen molar-refractivity contribution in [2.24, 2.45) is 0 Å². The maximum Gasteiger partial charge on any atom is 0.193 e. The van der Waals surface area contributed by atoms with E-state index in [0.29, 0.717) is 0 Å². The molecule has 0 saturated heterocycles. The highest BCUT2D eigenvalue weighted by molar-refractivity contribution is 6.18. The zero-order valence-electron chi connectivity index (χ0n) is 28.3. The van der Waals surface area contributed by atoms with E-state index >= 15 is 4.79 Å². The molecular formula is C46H38N2O2. The van der Waals surface area contributed by atoms with Crippen molar-refractivity contribution in [2.75, 3.05) is 36.0 Å². The molecule has 4 nitrogen and oxygen atoms in total. The van der Waals surface area contributed by atoms with E-state index in [2.05, 4.69) is 94.7 Å². The summed E-state index contributed by atoms with van der Waals surface area (Å²) in [6, 6.07) is 31.4. The molecule has 0 unspecified atom stereocenters. The predicted octanol–water partition coefficient (Wildman–Crippen LogP) is 9.42. The van der Waals surface area contributed by atoms with Crippen LogP contribution >= 0.6 is 0 Å². The molecule has 0 fully saturated rings. The minimum Gasteiger partial charge on any atom is -0.457 e. The van der Waals surface area contributed by atoms with E-state index in [4.69, 9.17) is 4.74 Å². The van der Waals surface area contributed by atoms with Crippen molar-refractivity contribution in [3.8, 4) is 11.5 Å². The molecule has 6 aliphatic rings. The second-order valence-corrected chi connectivity index (χ2v) is 15.5. The van der Waals surface area contributed by atoms with Gasteiger partial charge < -0.3 is 14.5 Å². The van der Waals surface area contributed by atoms with Gasteiger partial charge in [-0.1, -0.05) is 36.4 Å². The van der Waals surface area contributed by atoms with Crippen LogP contribution in [0.1, 0.15) is 86.1 Å². The molecule has 244 valence electrons. The summed E-state index contributed by atoms with van der Waals surface area (Å²) in [5.74, 6) is 1.88. The molecule has 0 bridgehead atoms. The summed E-state index contributed by atoms with van der Waals surface area (Å²) in [4.78, 5) is 20.5. The van der Waals surface area contributed by atoms with Crippen molar-refractivity contribution in [1.82, 2.24) is 0 Å². The largest absolute Gasteiger partial charge is 0.457 e. The van der Waals surface area contributed by atoms with Crippen molar-refractivity contribution in [1.29, 1.82) is 0 Å². The number of fused-ring (bicyclic) bond motifs is 12. The van der Waals surface area contributed by atoms with E-state index in [1.165, 1.54) is 80.9 Å². The number of anilines is 2. The lowest BCUT2D eigenvalue weighted by Crippen LogP contribution is -2.40. The monoisotopic (exact) mass is 650 g/mol. The number of para-hydroxylation sites is 2. The number of aryl methyl sites for hydroxylation is 4. The van der Waals surface area contributed by atoms with E-state index in [0.717, 1.165) is 96.7 Å². The van der Waals surface area contributed by atoms with E-state index in [-0.39, 0.29) is 5.78 Å². The lowest BCUT2D eigenvalue weighted by atomic mass is 9.57. The van der Waals surface area contributed by atoms with Gasteiger partial charge in [0.15, 0.2) is 5.78 Å². The molecule has 5 aliphatic heterocycles. The van der Waals surface area contributed by atoms with Gasteiger partial charge in [-0.25, -0.2) is 0 Å². The molecule has 0 radical (unpaired) electrons. The van der Waals surface area contributed by atoms with Gasteiger partial charge in [-0.2, -0.15) is 0 Å². The van der Waals surface area contributed by atoms with Crippen LogP contribution in [0.2, 0.25) is 0 Å². The topological polar surface area (TPSA) is 32.8 Å². The van der Waals surface area contributed by atoms with Crippen molar-refractivity contribution in [3.05, 3.63) is 141 Å². The van der Waals surface area contributed by atoms with Crippen LogP contribution in [0.5, 0.6) is 11.5 Å². The minimum atomic E-state index is -0.708. The van der Waals surface area contributed by atoms with Gasteiger partial charge >= 0.3 is 0 Å². The maximum atomic E-state index is 15.2. The SMILES string of the molecule is O=C1c2cc3cc4c5c(c3cc2C2(c3ccccc3Oc3ccccc32)c2cc3c6c7c(cc3cc21)CCCN7CCC6)CCCN5CCC4. The first-order valence-corrected chi connectivity index (χ1v) is 18.9. The fourth-order valence-electron chi connectivity index (χ4n) is 11.2. The highest BCUT2D eigenvalue weighted by atomic mass is 16.5.